The summed E-state index contributed by atoms with van der Waals surface area (Å²) in [6, 6.07) is 9.48. The van der Waals surface area contributed by atoms with Crippen LogP contribution in [0.25, 0.3) is 10.7 Å². The summed E-state index contributed by atoms with van der Waals surface area (Å²) in [5, 5.41) is 12.3. The lowest BCUT2D eigenvalue weighted by Gasteiger charge is -2.14. The van der Waals surface area contributed by atoms with E-state index in [1.165, 1.54) is 4.88 Å². The minimum absolute atomic E-state index is 0.0181. The van der Waals surface area contributed by atoms with Crippen LogP contribution in [0.2, 0.25) is 0 Å². The Morgan fingerprint density at radius 2 is 1.89 bits per heavy atom. The Labute approximate surface area is 177 Å². The van der Waals surface area contributed by atoms with Crippen molar-refractivity contribution in [2.75, 3.05) is 5.32 Å². The van der Waals surface area contributed by atoms with Gasteiger partial charge < -0.3 is 10.4 Å². The molecule has 0 amide bonds. The van der Waals surface area contributed by atoms with Gasteiger partial charge in [0.25, 0.3) is 0 Å². The van der Waals surface area contributed by atoms with Crippen molar-refractivity contribution in [3.63, 3.8) is 0 Å². The van der Waals surface area contributed by atoms with Gasteiger partial charge in [-0.25, -0.2) is 9.97 Å². The normalized spacial score (nSPS) is 10.9. The summed E-state index contributed by atoms with van der Waals surface area (Å²) in [6.45, 7) is 6.23. The number of halogens is 1. The van der Waals surface area contributed by atoms with Crippen molar-refractivity contribution in [2.45, 2.75) is 40.0 Å². The molecule has 7 heteroatoms. The van der Waals surface area contributed by atoms with Gasteiger partial charge >= 0.3 is 5.97 Å². The molecule has 2 heterocycles. The fraction of sp³-hybridized carbons (Fsp3) is 0.286. The smallest absolute Gasteiger partial charge is 0.307 e. The number of aryl methyl sites for hydroxylation is 2. The minimum atomic E-state index is -0.835. The van der Waals surface area contributed by atoms with Crippen LogP contribution in [0.5, 0.6) is 0 Å². The van der Waals surface area contributed by atoms with Gasteiger partial charge in [0.2, 0.25) is 0 Å². The first-order valence-corrected chi connectivity index (χ1v) is 10.8. The van der Waals surface area contributed by atoms with Crippen LogP contribution in [0.3, 0.4) is 0 Å². The van der Waals surface area contributed by atoms with Gasteiger partial charge in [-0.15, -0.1) is 11.3 Å². The van der Waals surface area contributed by atoms with Crippen molar-refractivity contribution in [3.8, 4) is 10.7 Å². The number of benzene rings is 1. The maximum absolute atomic E-state index is 10.9. The first-order valence-electron chi connectivity index (χ1n) is 9.15. The summed E-state index contributed by atoms with van der Waals surface area (Å²) in [6.07, 6.45) is 1.80. The molecule has 1 aromatic carbocycles. The van der Waals surface area contributed by atoms with Gasteiger partial charge in [-0.2, -0.15) is 0 Å². The molecule has 0 unspecified atom stereocenters. The molecule has 0 spiro atoms. The van der Waals surface area contributed by atoms with Crippen LogP contribution in [-0.4, -0.2) is 21.0 Å². The number of thiophene rings is 1. The standard InChI is InChI=1S/C21H22BrN3O2S/c1-4-15-12(3)23-21(18-11-16(22)17(5-2)28-18)25-20(15)24-14-8-6-13(7-9-14)10-19(26)27/h6-9,11H,4-5,10H2,1-3H3,(H,26,27)(H,23,24,25). The monoisotopic (exact) mass is 459 g/mol. The highest BCUT2D eigenvalue weighted by molar-refractivity contribution is 9.10. The van der Waals surface area contributed by atoms with Crippen molar-refractivity contribution in [2.24, 2.45) is 0 Å². The van der Waals surface area contributed by atoms with E-state index in [4.69, 9.17) is 15.1 Å². The Morgan fingerprint density at radius 1 is 1.18 bits per heavy atom. The summed E-state index contributed by atoms with van der Waals surface area (Å²) in [5.74, 6) is 0.669. The fourth-order valence-corrected chi connectivity index (χ4v) is 4.84. The van der Waals surface area contributed by atoms with E-state index in [0.29, 0.717) is 5.82 Å². The number of carbonyl (C=O) groups is 1. The van der Waals surface area contributed by atoms with Crippen LogP contribution in [-0.2, 0) is 24.1 Å². The quantitative estimate of drug-likeness (QED) is 0.468. The molecule has 0 bridgehead atoms. The molecule has 0 saturated carbocycles. The summed E-state index contributed by atoms with van der Waals surface area (Å²) < 4.78 is 1.10. The van der Waals surface area contributed by atoms with E-state index < -0.39 is 5.97 Å². The zero-order chi connectivity index (χ0) is 20.3. The van der Waals surface area contributed by atoms with Gasteiger partial charge in [-0.1, -0.05) is 26.0 Å². The highest BCUT2D eigenvalue weighted by Crippen LogP contribution is 2.35. The molecule has 5 nitrogen and oxygen atoms in total. The van der Waals surface area contributed by atoms with Gasteiger partial charge in [-0.05, 0) is 59.5 Å². The number of rotatable bonds is 7. The third kappa shape index (κ3) is 4.59. The summed E-state index contributed by atoms with van der Waals surface area (Å²) in [5.41, 5.74) is 3.67. The first-order chi connectivity index (χ1) is 13.4. The van der Waals surface area contributed by atoms with Crippen LogP contribution >= 0.6 is 27.3 Å². The lowest BCUT2D eigenvalue weighted by Crippen LogP contribution is -2.05. The number of aromatic nitrogens is 2. The Bertz CT molecular complexity index is 1000. The van der Waals surface area contributed by atoms with Crippen LogP contribution in [0.1, 0.15) is 35.5 Å². The molecule has 0 fully saturated rings. The number of nitrogens with one attached hydrogen (secondary N) is 1. The van der Waals surface area contributed by atoms with Crippen LogP contribution in [0, 0.1) is 6.92 Å². The number of carboxylic acids is 1. The zero-order valence-electron chi connectivity index (χ0n) is 16.0. The largest absolute Gasteiger partial charge is 0.481 e. The molecule has 3 rings (SSSR count). The van der Waals surface area contributed by atoms with Crippen molar-refractivity contribution >= 4 is 44.7 Å². The van der Waals surface area contributed by atoms with E-state index in [-0.39, 0.29) is 6.42 Å². The summed E-state index contributed by atoms with van der Waals surface area (Å²) in [7, 11) is 0. The molecule has 2 N–H and O–H groups in total. The average molecular weight is 460 g/mol. The van der Waals surface area contributed by atoms with Gasteiger partial charge in [-0.3, -0.25) is 4.79 Å². The molecule has 0 saturated heterocycles. The van der Waals surface area contributed by atoms with Crippen molar-refractivity contribution < 1.29 is 9.90 Å². The third-order valence-corrected chi connectivity index (χ3v) is 6.68. The number of anilines is 2. The molecule has 28 heavy (non-hydrogen) atoms. The van der Waals surface area contributed by atoms with Gasteiger partial charge in [0.05, 0.1) is 11.3 Å². The van der Waals surface area contributed by atoms with E-state index in [2.05, 4.69) is 41.2 Å². The highest BCUT2D eigenvalue weighted by atomic mass is 79.9. The van der Waals surface area contributed by atoms with E-state index in [1.807, 2.05) is 31.2 Å². The van der Waals surface area contributed by atoms with E-state index in [1.54, 1.807) is 11.3 Å². The molecule has 3 aromatic rings. The number of hydrogen-bond acceptors (Lipinski definition) is 5. The van der Waals surface area contributed by atoms with E-state index >= 15 is 0 Å². The van der Waals surface area contributed by atoms with Gasteiger partial charge in [0.1, 0.15) is 5.82 Å². The molecule has 0 aliphatic carbocycles. The maximum Gasteiger partial charge on any atom is 0.307 e. The Hall–Kier alpha value is -2.25. The Morgan fingerprint density at radius 3 is 2.46 bits per heavy atom. The SMILES string of the molecule is CCc1sc(-c2nc(C)c(CC)c(Nc3ccc(CC(=O)O)cc3)n2)cc1Br. The lowest BCUT2D eigenvalue weighted by molar-refractivity contribution is -0.136. The molecular weight excluding hydrogens is 438 g/mol. The van der Waals surface area contributed by atoms with Crippen molar-refractivity contribution in [1.82, 2.24) is 9.97 Å². The number of carboxylic acid groups (broad SMARTS) is 1. The predicted molar refractivity (Wildman–Crippen MR) is 118 cm³/mol. The Kier molecular flexibility index (Phi) is 6.46. The number of hydrogen-bond donors (Lipinski definition) is 2. The lowest BCUT2D eigenvalue weighted by atomic mass is 10.1. The second kappa shape index (κ2) is 8.84. The van der Waals surface area contributed by atoms with Gasteiger partial charge in [0, 0.05) is 26.3 Å². The highest BCUT2D eigenvalue weighted by Gasteiger charge is 2.15. The van der Waals surface area contributed by atoms with Gasteiger partial charge in [0.15, 0.2) is 5.82 Å². The molecule has 0 aliphatic rings. The summed E-state index contributed by atoms with van der Waals surface area (Å²) in [4.78, 5) is 22.7. The Balaban J connectivity index is 1.95. The molecule has 146 valence electrons. The van der Waals surface area contributed by atoms with E-state index in [0.717, 1.165) is 50.5 Å². The second-order valence-electron chi connectivity index (χ2n) is 6.44. The minimum Gasteiger partial charge on any atom is -0.481 e. The summed E-state index contributed by atoms with van der Waals surface area (Å²) >= 11 is 5.32. The molecule has 0 atom stereocenters. The van der Waals surface area contributed by atoms with Crippen LogP contribution in [0.4, 0.5) is 11.5 Å². The number of nitrogens with zero attached hydrogens (tertiary/aromatic N) is 2. The van der Waals surface area contributed by atoms with Crippen molar-refractivity contribution in [3.05, 3.63) is 56.5 Å². The molecular formula is C21H22BrN3O2S. The molecule has 0 radical (unpaired) electrons. The predicted octanol–water partition coefficient (Wildman–Crippen LogP) is 5.77. The van der Waals surface area contributed by atoms with Crippen molar-refractivity contribution in [1.29, 1.82) is 0 Å². The maximum atomic E-state index is 10.9. The molecule has 0 aliphatic heterocycles. The van der Waals surface area contributed by atoms with Crippen LogP contribution in [0.15, 0.2) is 34.8 Å². The fourth-order valence-electron chi connectivity index (χ4n) is 3.01. The number of aliphatic carboxylic acids is 1. The second-order valence-corrected chi connectivity index (χ2v) is 8.43. The topological polar surface area (TPSA) is 75.1 Å². The average Bonchev–Trinajstić information content (AvgIpc) is 3.03. The first kappa shape index (κ1) is 20.5. The zero-order valence-corrected chi connectivity index (χ0v) is 18.4. The molecule has 2 aromatic heterocycles. The third-order valence-electron chi connectivity index (χ3n) is 4.44. The van der Waals surface area contributed by atoms with E-state index in [9.17, 15) is 4.79 Å². The van der Waals surface area contributed by atoms with Crippen LogP contribution < -0.4 is 5.32 Å².